The highest BCUT2D eigenvalue weighted by Gasteiger charge is 2.08. The predicted octanol–water partition coefficient (Wildman–Crippen LogP) is 0.617. The van der Waals surface area contributed by atoms with Gasteiger partial charge in [-0.05, 0) is 25.1 Å². The number of H-pyrrole nitrogens is 1. The molecule has 1 aromatic carbocycles. The molecule has 1 amide bonds. The minimum absolute atomic E-state index is 0. The third-order valence-corrected chi connectivity index (χ3v) is 3.52. The van der Waals surface area contributed by atoms with Crippen LogP contribution in [0.25, 0.3) is 10.9 Å². The third kappa shape index (κ3) is 5.21. The van der Waals surface area contributed by atoms with Gasteiger partial charge in [0.15, 0.2) is 0 Å². The fourth-order valence-corrected chi connectivity index (χ4v) is 2.36. The first-order valence-corrected chi connectivity index (χ1v) is 7.82. The second-order valence-corrected chi connectivity index (χ2v) is 5.28. The lowest BCUT2D eigenvalue weighted by Crippen LogP contribution is -2.34. The van der Waals surface area contributed by atoms with Crippen molar-refractivity contribution in [2.24, 2.45) is 0 Å². The summed E-state index contributed by atoms with van der Waals surface area (Å²) in [4.78, 5) is 37.8. The van der Waals surface area contributed by atoms with Gasteiger partial charge < -0.3 is 10.6 Å². The molecule has 0 aliphatic rings. The molecule has 0 aliphatic carbocycles. The Morgan fingerprint density at radius 1 is 1.17 bits per heavy atom. The molecule has 8 heteroatoms. The molecule has 3 N–H and O–H groups in total. The largest absolute Gasteiger partial charge is 0.355 e. The van der Waals surface area contributed by atoms with E-state index >= 15 is 0 Å². The molecule has 2 rings (SSSR count). The summed E-state index contributed by atoms with van der Waals surface area (Å²) in [7, 11) is 0. The Balaban J connectivity index is 0.00000288. The lowest BCUT2D eigenvalue weighted by Gasteiger charge is -2.10. The number of rotatable bonds is 8. The van der Waals surface area contributed by atoms with E-state index in [-0.39, 0.29) is 31.3 Å². The van der Waals surface area contributed by atoms with E-state index in [2.05, 4.69) is 22.5 Å². The van der Waals surface area contributed by atoms with Crippen LogP contribution in [0.15, 0.2) is 33.9 Å². The number of amides is 1. The van der Waals surface area contributed by atoms with Gasteiger partial charge in [0.1, 0.15) is 0 Å². The Morgan fingerprint density at radius 3 is 2.67 bits per heavy atom. The Bertz CT molecular complexity index is 785. The van der Waals surface area contributed by atoms with E-state index < -0.39 is 11.2 Å². The fourth-order valence-electron chi connectivity index (χ4n) is 2.36. The molecule has 0 saturated heterocycles. The number of hydrogen-bond acceptors (Lipinski definition) is 4. The summed E-state index contributed by atoms with van der Waals surface area (Å²) in [5, 5.41) is 6.44. The zero-order valence-corrected chi connectivity index (χ0v) is 14.4. The van der Waals surface area contributed by atoms with Crippen molar-refractivity contribution in [3.63, 3.8) is 0 Å². The second-order valence-electron chi connectivity index (χ2n) is 5.28. The first-order valence-electron chi connectivity index (χ1n) is 7.82. The third-order valence-electron chi connectivity index (χ3n) is 3.52. The van der Waals surface area contributed by atoms with Gasteiger partial charge in [0.2, 0.25) is 5.91 Å². The number of nitrogens with one attached hydrogen (secondary N) is 3. The Morgan fingerprint density at radius 2 is 1.92 bits per heavy atom. The van der Waals surface area contributed by atoms with Crippen LogP contribution < -0.4 is 21.9 Å². The number of carbonyl (C=O) groups is 1. The molecule has 0 unspecified atom stereocenters. The number of carbonyl (C=O) groups excluding carboxylic acids is 1. The molecule has 2 aromatic rings. The van der Waals surface area contributed by atoms with Crippen LogP contribution in [0, 0.1) is 0 Å². The van der Waals surface area contributed by atoms with E-state index in [1.165, 1.54) is 4.57 Å². The summed E-state index contributed by atoms with van der Waals surface area (Å²) in [6, 6.07) is 6.86. The molecule has 0 spiro atoms. The SMILES string of the molecule is CCCNCCNC(=O)CCn1c(=O)[nH]c(=O)c2ccccc21.Cl. The fraction of sp³-hybridized carbons (Fsp3) is 0.438. The van der Waals surface area contributed by atoms with Gasteiger partial charge in [-0.15, -0.1) is 12.4 Å². The molecule has 0 radical (unpaired) electrons. The Labute approximate surface area is 145 Å². The van der Waals surface area contributed by atoms with E-state index in [1.54, 1.807) is 24.3 Å². The number of aromatic nitrogens is 2. The number of fused-ring (bicyclic) bond motifs is 1. The van der Waals surface area contributed by atoms with E-state index in [4.69, 9.17) is 0 Å². The van der Waals surface area contributed by atoms with Gasteiger partial charge in [-0.1, -0.05) is 19.1 Å². The standard InChI is InChI=1S/C16H22N4O3.ClH/c1-2-8-17-9-10-18-14(21)7-11-20-13-6-4-3-5-12(13)15(22)19-16(20)23;/h3-6,17H,2,7-11H2,1H3,(H,18,21)(H,19,22,23);1H. The lowest BCUT2D eigenvalue weighted by atomic mass is 10.2. The van der Waals surface area contributed by atoms with E-state index in [9.17, 15) is 14.4 Å². The van der Waals surface area contributed by atoms with Gasteiger partial charge in [-0.2, -0.15) is 0 Å². The monoisotopic (exact) mass is 354 g/mol. The van der Waals surface area contributed by atoms with Gasteiger partial charge in [0.05, 0.1) is 10.9 Å². The van der Waals surface area contributed by atoms with Gasteiger partial charge in [-0.25, -0.2) is 4.79 Å². The van der Waals surface area contributed by atoms with Crippen molar-refractivity contribution in [3.05, 3.63) is 45.1 Å². The zero-order valence-electron chi connectivity index (χ0n) is 13.6. The number of halogens is 1. The maximum absolute atomic E-state index is 12.0. The van der Waals surface area contributed by atoms with Crippen molar-refractivity contribution in [2.75, 3.05) is 19.6 Å². The molecular weight excluding hydrogens is 332 g/mol. The molecule has 1 aromatic heterocycles. The van der Waals surface area contributed by atoms with Crippen molar-refractivity contribution in [3.8, 4) is 0 Å². The van der Waals surface area contributed by atoms with Gasteiger partial charge in [0, 0.05) is 26.1 Å². The molecule has 0 bridgehead atoms. The van der Waals surface area contributed by atoms with Crippen LogP contribution in [0.4, 0.5) is 0 Å². The first-order chi connectivity index (χ1) is 11.1. The van der Waals surface area contributed by atoms with E-state index in [0.717, 1.165) is 19.5 Å². The average molecular weight is 355 g/mol. The van der Waals surface area contributed by atoms with Crippen LogP contribution in [-0.2, 0) is 11.3 Å². The van der Waals surface area contributed by atoms with E-state index in [1.807, 2.05) is 0 Å². The maximum atomic E-state index is 12.0. The summed E-state index contributed by atoms with van der Waals surface area (Å²) < 4.78 is 1.42. The van der Waals surface area contributed by atoms with E-state index in [0.29, 0.717) is 17.4 Å². The lowest BCUT2D eigenvalue weighted by molar-refractivity contribution is -0.121. The normalized spacial score (nSPS) is 10.4. The summed E-state index contributed by atoms with van der Waals surface area (Å²) >= 11 is 0. The van der Waals surface area contributed by atoms with Gasteiger partial charge in [0.25, 0.3) is 5.56 Å². The number of nitrogens with zero attached hydrogens (tertiary/aromatic N) is 1. The highest BCUT2D eigenvalue weighted by atomic mass is 35.5. The first kappa shape index (κ1) is 19.9. The van der Waals surface area contributed by atoms with Crippen LogP contribution in [0.1, 0.15) is 19.8 Å². The van der Waals surface area contributed by atoms with Crippen molar-refractivity contribution in [1.82, 2.24) is 20.2 Å². The van der Waals surface area contributed by atoms with Crippen molar-refractivity contribution in [1.29, 1.82) is 0 Å². The van der Waals surface area contributed by atoms with Crippen LogP contribution in [0.2, 0.25) is 0 Å². The van der Waals surface area contributed by atoms with Crippen LogP contribution in [0.5, 0.6) is 0 Å². The maximum Gasteiger partial charge on any atom is 0.328 e. The highest BCUT2D eigenvalue weighted by Crippen LogP contribution is 2.06. The van der Waals surface area contributed by atoms with Crippen molar-refractivity contribution in [2.45, 2.75) is 26.3 Å². The second kappa shape index (κ2) is 9.89. The minimum atomic E-state index is -0.494. The molecule has 0 atom stereocenters. The molecule has 7 nitrogen and oxygen atoms in total. The summed E-state index contributed by atoms with van der Waals surface area (Å²) in [6.07, 6.45) is 1.24. The number of hydrogen-bond donors (Lipinski definition) is 3. The van der Waals surface area contributed by atoms with Crippen LogP contribution >= 0.6 is 12.4 Å². The molecule has 0 saturated carbocycles. The number of aryl methyl sites for hydroxylation is 1. The molecule has 132 valence electrons. The molecule has 0 fully saturated rings. The number of benzene rings is 1. The highest BCUT2D eigenvalue weighted by molar-refractivity contribution is 5.85. The van der Waals surface area contributed by atoms with Crippen LogP contribution in [-0.4, -0.2) is 35.1 Å². The smallest absolute Gasteiger partial charge is 0.328 e. The quantitative estimate of drug-likeness (QED) is 0.605. The molecule has 0 aliphatic heterocycles. The van der Waals surface area contributed by atoms with Crippen LogP contribution in [0.3, 0.4) is 0 Å². The number of para-hydroxylation sites is 1. The average Bonchev–Trinajstić information content (AvgIpc) is 2.54. The summed E-state index contributed by atoms with van der Waals surface area (Å²) in [5.74, 6) is -0.120. The topological polar surface area (TPSA) is 96.0 Å². The summed E-state index contributed by atoms with van der Waals surface area (Å²) in [6.45, 7) is 4.51. The molecule has 24 heavy (non-hydrogen) atoms. The summed E-state index contributed by atoms with van der Waals surface area (Å²) in [5.41, 5.74) is -0.363. The van der Waals surface area contributed by atoms with Crippen molar-refractivity contribution < 1.29 is 4.79 Å². The Kier molecular flexibility index (Phi) is 8.21. The Hall–Kier alpha value is -2.12. The van der Waals surface area contributed by atoms with Gasteiger partial charge in [-0.3, -0.25) is 19.1 Å². The minimum Gasteiger partial charge on any atom is -0.355 e. The number of aromatic amines is 1. The molecular formula is C16H23ClN4O3. The van der Waals surface area contributed by atoms with Gasteiger partial charge >= 0.3 is 5.69 Å². The zero-order chi connectivity index (χ0) is 16.7. The molecule has 1 heterocycles. The van der Waals surface area contributed by atoms with Crippen molar-refractivity contribution >= 4 is 29.2 Å². The predicted molar refractivity (Wildman–Crippen MR) is 96.9 cm³/mol.